The lowest BCUT2D eigenvalue weighted by Crippen LogP contribution is -2.44. The summed E-state index contributed by atoms with van der Waals surface area (Å²) in [6, 6.07) is 2.24. The van der Waals surface area contributed by atoms with Crippen LogP contribution in [0, 0.1) is 5.82 Å². The largest absolute Gasteiger partial charge is 0.416 e. The topological polar surface area (TPSA) is 15.3 Å². The van der Waals surface area contributed by atoms with Crippen molar-refractivity contribution in [3.8, 4) is 0 Å². The third-order valence-electron chi connectivity index (χ3n) is 3.47. The first-order chi connectivity index (χ1) is 8.89. The number of nitrogens with zero attached hydrogens (tertiary/aromatic N) is 1. The number of nitrogens with one attached hydrogen (secondary N) is 1. The fourth-order valence-electron chi connectivity index (χ4n) is 2.31. The van der Waals surface area contributed by atoms with Gasteiger partial charge in [0.2, 0.25) is 0 Å². The molecule has 20 heavy (non-hydrogen) atoms. The summed E-state index contributed by atoms with van der Waals surface area (Å²) in [5, 5.41) is 3.16. The number of hydrogen-bond donors (Lipinski definition) is 1. The van der Waals surface area contributed by atoms with Gasteiger partial charge in [-0.3, -0.25) is 4.90 Å². The fourth-order valence-corrected chi connectivity index (χ4v) is 2.31. The standard InChI is InChI=1S/C13H16F4N2.ClH/c1-9(19-6-4-18-5-7-19)11-8-10(13(15,16)17)2-3-12(11)14;/h2-3,8-9,18H,4-7H2,1H3;1H/t9-;/m0./s1. The van der Waals surface area contributed by atoms with Gasteiger partial charge in [0.1, 0.15) is 5.82 Å². The molecule has 0 aliphatic carbocycles. The van der Waals surface area contributed by atoms with E-state index in [1.807, 2.05) is 4.90 Å². The highest BCUT2D eigenvalue weighted by Crippen LogP contribution is 2.33. The van der Waals surface area contributed by atoms with Gasteiger partial charge in [-0.25, -0.2) is 4.39 Å². The zero-order valence-corrected chi connectivity index (χ0v) is 11.8. The number of benzene rings is 1. The van der Waals surface area contributed by atoms with Crippen LogP contribution in [0.2, 0.25) is 0 Å². The molecule has 1 N–H and O–H groups in total. The summed E-state index contributed by atoms with van der Waals surface area (Å²) in [4.78, 5) is 1.98. The molecule has 2 nitrogen and oxygen atoms in total. The molecule has 0 aromatic heterocycles. The van der Waals surface area contributed by atoms with Crippen LogP contribution in [-0.2, 0) is 6.18 Å². The van der Waals surface area contributed by atoms with Crippen LogP contribution in [0.4, 0.5) is 17.6 Å². The SMILES string of the molecule is C[C@@H](c1cc(C(F)(F)F)ccc1F)N1CCNCC1.Cl. The Labute approximate surface area is 121 Å². The van der Waals surface area contributed by atoms with Crippen molar-refractivity contribution >= 4 is 12.4 Å². The van der Waals surface area contributed by atoms with E-state index >= 15 is 0 Å². The lowest BCUT2D eigenvalue weighted by molar-refractivity contribution is -0.137. The second kappa shape index (κ2) is 6.74. The molecule has 0 saturated carbocycles. The number of piperazine rings is 1. The first-order valence-electron chi connectivity index (χ1n) is 6.21. The van der Waals surface area contributed by atoms with E-state index in [1.165, 1.54) is 0 Å². The minimum Gasteiger partial charge on any atom is -0.314 e. The van der Waals surface area contributed by atoms with Crippen LogP contribution in [0.3, 0.4) is 0 Å². The van der Waals surface area contributed by atoms with E-state index in [1.54, 1.807) is 6.92 Å². The van der Waals surface area contributed by atoms with Gasteiger partial charge in [0.25, 0.3) is 0 Å². The second-order valence-electron chi connectivity index (χ2n) is 4.70. The summed E-state index contributed by atoms with van der Waals surface area (Å²) in [7, 11) is 0. The molecular weight excluding hydrogens is 296 g/mol. The molecule has 0 spiro atoms. The van der Waals surface area contributed by atoms with Gasteiger partial charge < -0.3 is 5.32 Å². The Bertz CT molecular complexity index is 444. The quantitative estimate of drug-likeness (QED) is 0.844. The number of rotatable bonds is 2. The summed E-state index contributed by atoms with van der Waals surface area (Å²) in [6.45, 7) is 4.69. The van der Waals surface area contributed by atoms with Crippen LogP contribution in [-0.4, -0.2) is 31.1 Å². The van der Waals surface area contributed by atoms with Crippen LogP contribution < -0.4 is 5.32 Å². The first kappa shape index (κ1) is 17.2. The molecule has 1 aliphatic heterocycles. The highest BCUT2D eigenvalue weighted by atomic mass is 35.5. The molecule has 2 rings (SSSR count). The molecule has 1 aliphatic rings. The third-order valence-corrected chi connectivity index (χ3v) is 3.47. The van der Waals surface area contributed by atoms with Gasteiger partial charge in [-0.05, 0) is 25.1 Å². The normalized spacial score (nSPS) is 18.4. The first-order valence-corrected chi connectivity index (χ1v) is 6.21. The highest BCUT2D eigenvalue weighted by Gasteiger charge is 2.32. The summed E-state index contributed by atoms with van der Waals surface area (Å²) in [5.41, 5.74) is -0.692. The van der Waals surface area contributed by atoms with E-state index in [-0.39, 0.29) is 24.0 Å². The Hall–Kier alpha value is -0.850. The summed E-state index contributed by atoms with van der Waals surface area (Å²) >= 11 is 0. The number of halogens is 5. The van der Waals surface area contributed by atoms with Crippen molar-refractivity contribution < 1.29 is 17.6 Å². The molecule has 1 atom stereocenters. The molecule has 0 bridgehead atoms. The van der Waals surface area contributed by atoms with Crippen molar-refractivity contribution in [1.82, 2.24) is 10.2 Å². The van der Waals surface area contributed by atoms with E-state index in [0.717, 1.165) is 31.3 Å². The Morgan fingerprint density at radius 1 is 1.20 bits per heavy atom. The molecule has 1 saturated heterocycles. The van der Waals surface area contributed by atoms with Crippen LogP contribution in [0.25, 0.3) is 0 Å². The van der Waals surface area contributed by atoms with Crippen molar-refractivity contribution in [3.63, 3.8) is 0 Å². The minimum atomic E-state index is -4.44. The molecule has 7 heteroatoms. The second-order valence-corrected chi connectivity index (χ2v) is 4.70. The fraction of sp³-hybridized carbons (Fsp3) is 0.538. The number of hydrogen-bond acceptors (Lipinski definition) is 2. The Morgan fingerprint density at radius 2 is 1.80 bits per heavy atom. The van der Waals surface area contributed by atoms with Crippen molar-refractivity contribution in [1.29, 1.82) is 0 Å². The van der Waals surface area contributed by atoms with Crippen LogP contribution in [0.5, 0.6) is 0 Å². The predicted octanol–water partition coefficient (Wildman–Crippen LogP) is 3.23. The van der Waals surface area contributed by atoms with Crippen molar-refractivity contribution in [3.05, 3.63) is 35.1 Å². The Kier molecular flexibility index (Phi) is 5.79. The average Bonchev–Trinajstić information content (AvgIpc) is 2.38. The van der Waals surface area contributed by atoms with Gasteiger partial charge in [0.05, 0.1) is 5.56 Å². The van der Waals surface area contributed by atoms with Crippen LogP contribution in [0.15, 0.2) is 18.2 Å². The van der Waals surface area contributed by atoms with Crippen molar-refractivity contribution in [2.45, 2.75) is 19.1 Å². The maximum atomic E-state index is 13.8. The zero-order valence-electron chi connectivity index (χ0n) is 11.0. The summed E-state index contributed by atoms with van der Waals surface area (Å²) in [6.07, 6.45) is -4.44. The maximum absolute atomic E-state index is 13.8. The Morgan fingerprint density at radius 3 is 2.35 bits per heavy atom. The van der Waals surface area contributed by atoms with E-state index < -0.39 is 17.6 Å². The number of alkyl halides is 3. The Balaban J connectivity index is 0.00000200. The van der Waals surface area contributed by atoms with Gasteiger partial charge in [0, 0.05) is 37.8 Å². The molecule has 1 fully saturated rings. The third kappa shape index (κ3) is 3.84. The van der Waals surface area contributed by atoms with Gasteiger partial charge in [-0.1, -0.05) is 0 Å². The molecule has 0 unspecified atom stereocenters. The highest BCUT2D eigenvalue weighted by molar-refractivity contribution is 5.85. The van der Waals surface area contributed by atoms with Crippen LogP contribution >= 0.6 is 12.4 Å². The van der Waals surface area contributed by atoms with Crippen molar-refractivity contribution in [2.75, 3.05) is 26.2 Å². The predicted molar refractivity (Wildman–Crippen MR) is 71.5 cm³/mol. The van der Waals surface area contributed by atoms with Gasteiger partial charge in [-0.2, -0.15) is 13.2 Å². The van der Waals surface area contributed by atoms with Crippen LogP contribution in [0.1, 0.15) is 24.1 Å². The summed E-state index contributed by atoms with van der Waals surface area (Å²) < 4.78 is 51.7. The minimum absolute atomic E-state index is 0. The zero-order chi connectivity index (χ0) is 14.0. The lowest BCUT2D eigenvalue weighted by atomic mass is 10.0. The molecule has 1 heterocycles. The van der Waals surface area contributed by atoms with Crippen molar-refractivity contribution in [2.24, 2.45) is 0 Å². The van der Waals surface area contributed by atoms with E-state index in [2.05, 4.69) is 5.32 Å². The maximum Gasteiger partial charge on any atom is 0.416 e. The van der Waals surface area contributed by atoms with Gasteiger partial charge >= 0.3 is 6.18 Å². The molecular formula is C13H17ClF4N2. The average molecular weight is 313 g/mol. The molecule has 0 radical (unpaired) electrons. The summed E-state index contributed by atoms with van der Waals surface area (Å²) in [5.74, 6) is -0.584. The van der Waals surface area contributed by atoms with E-state index in [9.17, 15) is 17.6 Å². The smallest absolute Gasteiger partial charge is 0.314 e. The van der Waals surface area contributed by atoms with Gasteiger partial charge in [-0.15, -0.1) is 12.4 Å². The molecule has 0 amide bonds. The molecule has 1 aromatic rings. The molecule has 114 valence electrons. The van der Waals surface area contributed by atoms with E-state index in [4.69, 9.17) is 0 Å². The lowest BCUT2D eigenvalue weighted by Gasteiger charge is -2.33. The van der Waals surface area contributed by atoms with E-state index in [0.29, 0.717) is 13.1 Å². The van der Waals surface area contributed by atoms with Gasteiger partial charge in [0.15, 0.2) is 0 Å². The molecule has 1 aromatic carbocycles. The monoisotopic (exact) mass is 312 g/mol.